The topological polar surface area (TPSA) is 105 Å². The maximum atomic E-state index is 11.0. The number of aromatic carboxylic acids is 1. The minimum absolute atomic E-state index is 0.141. The van der Waals surface area contributed by atoms with Crippen LogP contribution in [-0.4, -0.2) is 34.9 Å². The third-order valence-electron chi connectivity index (χ3n) is 2.91. The number of nitrogens with two attached hydrogens (primary N) is 1. The van der Waals surface area contributed by atoms with E-state index in [1.807, 2.05) is 0 Å². The van der Waals surface area contributed by atoms with Crippen LogP contribution in [0.15, 0.2) is 28.8 Å². The first-order chi connectivity index (χ1) is 9.51. The van der Waals surface area contributed by atoms with E-state index < -0.39 is 12.3 Å². The zero-order chi connectivity index (χ0) is 14.7. The van der Waals surface area contributed by atoms with E-state index in [9.17, 15) is 9.90 Å². The number of amidine groups is 1. The number of carboxylic acid groups (broad SMARTS) is 1. The fraction of sp³-hybridized carbons (Fsp3) is 0.286. The second kappa shape index (κ2) is 5.85. The molecule has 1 aromatic carbocycles. The number of nitrogens with zero attached hydrogens (tertiary/aromatic N) is 1. The quantitative estimate of drug-likeness (QED) is 0.723. The fourth-order valence-corrected chi connectivity index (χ4v) is 1.97. The van der Waals surface area contributed by atoms with Crippen LogP contribution in [0.3, 0.4) is 0 Å². The predicted octanol–water partition coefficient (Wildman–Crippen LogP) is 1.52. The molecule has 0 saturated heterocycles. The van der Waals surface area contributed by atoms with E-state index in [-0.39, 0.29) is 12.0 Å². The molecule has 0 radical (unpaired) electrons. The average Bonchev–Trinajstić information content (AvgIpc) is 2.55. The van der Waals surface area contributed by atoms with E-state index in [0.29, 0.717) is 29.3 Å². The molecule has 0 saturated carbocycles. The lowest BCUT2D eigenvalue weighted by Crippen LogP contribution is -2.20. The molecule has 0 bridgehead atoms. The second-order valence-corrected chi connectivity index (χ2v) is 4.39. The monoisotopic (exact) mass is 276 g/mol. The molecule has 1 atom stereocenters. The summed E-state index contributed by atoms with van der Waals surface area (Å²) in [4.78, 5) is 15.1. The smallest absolute Gasteiger partial charge is 0.335 e. The highest BCUT2D eigenvalue weighted by Crippen LogP contribution is 2.28. The van der Waals surface area contributed by atoms with Gasteiger partial charge < -0.3 is 20.7 Å². The number of carboxylic acids is 1. The first-order valence-electron chi connectivity index (χ1n) is 6.21. The van der Waals surface area contributed by atoms with Crippen LogP contribution in [0, 0.1) is 0 Å². The molecule has 106 valence electrons. The van der Waals surface area contributed by atoms with Crippen molar-refractivity contribution in [2.45, 2.75) is 19.6 Å². The highest BCUT2D eigenvalue weighted by Gasteiger charge is 2.17. The first kappa shape index (κ1) is 14.2. The van der Waals surface area contributed by atoms with E-state index in [1.165, 1.54) is 12.1 Å². The Hall–Kier alpha value is -2.18. The van der Waals surface area contributed by atoms with Crippen LogP contribution in [0.1, 0.15) is 29.3 Å². The van der Waals surface area contributed by atoms with Gasteiger partial charge in [0.05, 0.1) is 11.3 Å². The van der Waals surface area contributed by atoms with Gasteiger partial charge in [-0.1, -0.05) is 6.07 Å². The van der Waals surface area contributed by atoms with Crippen molar-refractivity contribution >= 4 is 23.6 Å². The van der Waals surface area contributed by atoms with Crippen LogP contribution < -0.4 is 5.73 Å². The summed E-state index contributed by atoms with van der Waals surface area (Å²) in [6, 6.07) is 4.58. The minimum atomic E-state index is -1.04. The van der Waals surface area contributed by atoms with Gasteiger partial charge in [0.2, 0.25) is 0 Å². The molecule has 6 nitrogen and oxygen atoms in total. The van der Waals surface area contributed by atoms with Gasteiger partial charge in [0.15, 0.2) is 6.29 Å². The number of aliphatic hydroxyl groups is 1. The van der Waals surface area contributed by atoms with E-state index in [2.05, 4.69) is 4.99 Å². The molecule has 2 rings (SSSR count). The Labute approximate surface area is 116 Å². The third kappa shape index (κ3) is 3.04. The van der Waals surface area contributed by atoms with Crippen LogP contribution in [0.4, 0.5) is 5.69 Å². The highest BCUT2D eigenvalue weighted by molar-refractivity contribution is 5.93. The van der Waals surface area contributed by atoms with Crippen LogP contribution >= 0.6 is 0 Å². The van der Waals surface area contributed by atoms with Gasteiger partial charge >= 0.3 is 5.97 Å². The molecule has 0 amide bonds. The van der Waals surface area contributed by atoms with E-state index in [4.69, 9.17) is 15.6 Å². The minimum Gasteiger partial charge on any atom is -0.478 e. The summed E-state index contributed by atoms with van der Waals surface area (Å²) >= 11 is 0. The number of aliphatic hydroxyl groups excluding tert-OH is 1. The molecule has 1 aliphatic heterocycles. The Bertz CT molecular complexity index is 593. The van der Waals surface area contributed by atoms with Crippen LogP contribution in [-0.2, 0) is 4.74 Å². The van der Waals surface area contributed by atoms with Crippen molar-refractivity contribution in [2.24, 2.45) is 10.7 Å². The van der Waals surface area contributed by atoms with Gasteiger partial charge in [0, 0.05) is 18.6 Å². The van der Waals surface area contributed by atoms with Crippen LogP contribution in [0.5, 0.6) is 0 Å². The molecular weight excluding hydrogens is 260 g/mol. The molecule has 1 aromatic rings. The van der Waals surface area contributed by atoms with E-state index >= 15 is 0 Å². The Morgan fingerprint density at radius 1 is 1.55 bits per heavy atom. The summed E-state index contributed by atoms with van der Waals surface area (Å²) in [5.41, 5.74) is 7.70. The number of benzene rings is 1. The molecule has 20 heavy (non-hydrogen) atoms. The Balaban J connectivity index is 2.45. The zero-order valence-corrected chi connectivity index (χ0v) is 11.0. The summed E-state index contributed by atoms with van der Waals surface area (Å²) in [5.74, 6) is -0.722. The summed E-state index contributed by atoms with van der Waals surface area (Å²) in [7, 11) is 0. The predicted molar refractivity (Wildman–Crippen MR) is 74.9 cm³/mol. The van der Waals surface area contributed by atoms with Gasteiger partial charge in [-0.2, -0.15) is 0 Å². The zero-order valence-electron chi connectivity index (χ0n) is 11.0. The van der Waals surface area contributed by atoms with Crippen molar-refractivity contribution in [3.05, 3.63) is 34.9 Å². The van der Waals surface area contributed by atoms with E-state index in [1.54, 1.807) is 19.1 Å². The molecule has 1 heterocycles. The molecule has 4 N–H and O–H groups in total. The van der Waals surface area contributed by atoms with Crippen molar-refractivity contribution < 1.29 is 19.7 Å². The van der Waals surface area contributed by atoms with Crippen LogP contribution in [0.2, 0.25) is 0 Å². The van der Waals surface area contributed by atoms with Crippen molar-refractivity contribution in [1.29, 1.82) is 0 Å². The fourth-order valence-electron chi connectivity index (χ4n) is 1.97. The number of ether oxygens (including phenoxy) is 1. The first-order valence-corrected chi connectivity index (χ1v) is 6.21. The summed E-state index contributed by atoms with van der Waals surface area (Å²) in [6.45, 7) is 2.16. The maximum absolute atomic E-state index is 11.0. The molecule has 1 unspecified atom stereocenters. The number of hydrogen-bond donors (Lipinski definition) is 3. The van der Waals surface area contributed by atoms with Gasteiger partial charge in [-0.3, -0.25) is 0 Å². The molecular formula is C14H16N2O4. The molecule has 1 aliphatic rings. The molecule has 0 aromatic heterocycles. The molecule has 6 heteroatoms. The Kier molecular flexibility index (Phi) is 4.16. The number of hydrogen-bond acceptors (Lipinski definition) is 5. The van der Waals surface area contributed by atoms with Gasteiger partial charge in [-0.25, -0.2) is 9.79 Å². The maximum Gasteiger partial charge on any atom is 0.335 e. The Morgan fingerprint density at radius 3 is 2.95 bits per heavy atom. The number of rotatable bonds is 4. The van der Waals surface area contributed by atoms with Crippen molar-refractivity contribution in [2.75, 3.05) is 6.61 Å². The second-order valence-electron chi connectivity index (χ2n) is 4.39. The lowest BCUT2D eigenvalue weighted by atomic mass is 10.1. The van der Waals surface area contributed by atoms with Gasteiger partial charge in [-0.15, -0.1) is 0 Å². The molecule has 0 fully saturated rings. The third-order valence-corrected chi connectivity index (χ3v) is 2.91. The average molecular weight is 276 g/mol. The standard InChI is InChI=1S/C14H16N2O4/c1-2-20-14(19)10-5-8-3-4-9(13(17)18)6-11(8)16-12(15)7-10/h3-6,14,19H,2,7H2,1H3,(H2,15,16)(H,17,18). The molecule has 0 aliphatic carbocycles. The van der Waals surface area contributed by atoms with Crippen molar-refractivity contribution in [3.8, 4) is 0 Å². The van der Waals surface area contributed by atoms with Gasteiger partial charge in [0.25, 0.3) is 0 Å². The van der Waals surface area contributed by atoms with Crippen LogP contribution in [0.25, 0.3) is 6.08 Å². The van der Waals surface area contributed by atoms with E-state index in [0.717, 1.165) is 0 Å². The van der Waals surface area contributed by atoms with Crippen molar-refractivity contribution in [3.63, 3.8) is 0 Å². The SMILES string of the molecule is CCOC(O)C1=Cc2ccc(C(=O)O)cc2N=C(N)C1. The number of fused-ring (bicyclic) bond motifs is 1. The summed E-state index contributed by atoms with van der Waals surface area (Å²) in [5, 5.41) is 18.9. The Morgan fingerprint density at radius 2 is 2.30 bits per heavy atom. The lowest BCUT2D eigenvalue weighted by Gasteiger charge is -2.13. The highest BCUT2D eigenvalue weighted by atomic mass is 16.6. The van der Waals surface area contributed by atoms with Gasteiger partial charge in [0.1, 0.15) is 5.84 Å². The largest absolute Gasteiger partial charge is 0.478 e. The lowest BCUT2D eigenvalue weighted by molar-refractivity contribution is -0.0670. The number of aliphatic imine (C=N–C) groups is 1. The normalized spacial score (nSPS) is 15.7. The molecule has 0 spiro atoms. The number of carbonyl (C=O) groups is 1. The summed E-state index contributed by atoms with van der Waals surface area (Å²) in [6.07, 6.45) is 0.960. The summed E-state index contributed by atoms with van der Waals surface area (Å²) < 4.78 is 5.14. The van der Waals surface area contributed by atoms with Crippen molar-refractivity contribution in [1.82, 2.24) is 0 Å². The van der Waals surface area contributed by atoms with Gasteiger partial charge in [-0.05, 0) is 30.7 Å².